The molecule has 0 aliphatic carbocycles. The van der Waals surface area contributed by atoms with Crippen LogP contribution in [0.4, 0.5) is 13.2 Å². The number of rotatable bonds is 3. The molecule has 0 saturated heterocycles. The molecule has 94 valence electrons. The first kappa shape index (κ1) is 12.2. The second-order valence-electron chi connectivity index (χ2n) is 3.38. The lowest BCUT2D eigenvalue weighted by Gasteiger charge is -1.99. The van der Waals surface area contributed by atoms with Gasteiger partial charge in [-0.3, -0.25) is 0 Å². The Hall–Kier alpha value is -2.31. The topological polar surface area (TPSA) is 63.3 Å². The number of hydrogen-bond donors (Lipinski definition) is 1. The Morgan fingerprint density at radius 3 is 2.61 bits per heavy atom. The molecule has 0 radical (unpaired) electrons. The lowest BCUT2D eigenvalue weighted by atomic mass is 10.1. The molecule has 0 aliphatic rings. The first-order valence-electron chi connectivity index (χ1n) is 4.76. The van der Waals surface area contributed by atoms with E-state index in [1.807, 2.05) is 0 Å². The normalized spacial score (nSPS) is 10.9. The molecule has 0 amide bonds. The summed E-state index contributed by atoms with van der Waals surface area (Å²) in [7, 11) is 0. The number of carboxylic acid groups (broad SMARTS) is 1. The minimum Gasteiger partial charge on any atom is -0.478 e. The maximum Gasteiger partial charge on any atom is 0.335 e. The zero-order valence-electron chi connectivity index (χ0n) is 8.73. The molecule has 0 bridgehead atoms. The standard InChI is InChI=1S/C11H6F3NO3/c12-7-3-5(11(16)17)1-2-6(7)10-15-8(4-18-10)9(13)14/h1-4,9H,(H,16,17). The molecule has 7 heteroatoms. The van der Waals surface area contributed by atoms with Crippen LogP contribution in [0, 0.1) is 5.82 Å². The Kier molecular flexibility index (Phi) is 3.05. The molecule has 1 N–H and O–H groups in total. The molecule has 0 unspecified atom stereocenters. The van der Waals surface area contributed by atoms with Gasteiger partial charge in [0.25, 0.3) is 6.43 Å². The highest BCUT2D eigenvalue weighted by Gasteiger charge is 2.17. The fourth-order valence-electron chi connectivity index (χ4n) is 1.33. The lowest BCUT2D eigenvalue weighted by Crippen LogP contribution is -1.97. The quantitative estimate of drug-likeness (QED) is 0.917. The van der Waals surface area contributed by atoms with Crippen molar-refractivity contribution in [1.82, 2.24) is 4.98 Å². The van der Waals surface area contributed by atoms with Crippen LogP contribution in [0.2, 0.25) is 0 Å². The van der Waals surface area contributed by atoms with Crippen LogP contribution in [0.1, 0.15) is 22.5 Å². The van der Waals surface area contributed by atoms with E-state index in [2.05, 4.69) is 4.98 Å². The number of nitrogens with zero attached hydrogens (tertiary/aromatic N) is 1. The predicted octanol–water partition coefficient (Wildman–Crippen LogP) is 3.12. The molecule has 0 atom stereocenters. The van der Waals surface area contributed by atoms with Gasteiger partial charge in [0.05, 0.1) is 11.1 Å². The van der Waals surface area contributed by atoms with Gasteiger partial charge in [-0.2, -0.15) is 0 Å². The summed E-state index contributed by atoms with van der Waals surface area (Å²) in [5, 5.41) is 8.64. The molecule has 4 nitrogen and oxygen atoms in total. The third-order valence-corrected chi connectivity index (χ3v) is 2.19. The average molecular weight is 257 g/mol. The molecular formula is C11H6F3NO3. The number of benzene rings is 1. The number of aromatic nitrogens is 1. The van der Waals surface area contributed by atoms with E-state index in [-0.39, 0.29) is 17.0 Å². The van der Waals surface area contributed by atoms with E-state index in [1.165, 1.54) is 0 Å². The van der Waals surface area contributed by atoms with Gasteiger partial charge in [-0.25, -0.2) is 22.9 Å². The Bertz CT molecular complexity index is 595. The second-order valence-corrected chi connectivity index (χ2v) is 3.38. The van der Waals surface area contributed by atoms with Crippen LogP contribution in [-0.4, -0.2) is 16.1 Å². The van der Waals surface area contributed by atoms with Crippen molar-refractivity contribution in [1.29, 1.82) is 0 Å². The largest absolute Gasteiger partial charge is 0.478 e. The van der Waals surface area contributed by atoms with Crippen molar-refractivity contribution in [3.8, 4) is 11.5 Å². The van der Waals surface area contributed by atoms with E-state index in [4.69, 9.17) is 9.52 Å². The van der Waals surface area contributed by atoms with Crippen LogP contribution >= 0.6 is 0 Å². The summed E-state index contributed by atoms with van der Waals surface area (Å²) in [5.74, 6) is -2.52. The van der Waals surface area contributed by atoms with Gasteiger partial charge < -0.3 is 9.52 Å². The van der Waals surface area contributed by atoms with Crippen molar-refractivity contribution in [3.63, 3.8) is 0 Å². The highest BCUT2D eigenvalue weighted by molar-refractivity contribution is 5.88. The maximum absolute atomic E-state index is 13.6. The molecule has 2 aromatic rings. The highest BCUT2D eigenvalue weighted by atomic mass is 19.3. The number of halogens is 3. The molecule has 0 saturated carbocycles. The summed E-state index contributed by atoms with van der Waals surface area (Å²) in [4.78, 5) is 14.0. The molecule has 1 aromatic heterocycles. The van der Waals surface area contributed by atoms with Crippen molar-refractivity contribution in [3.05, 3.63) is 41.5 Å². The van der Waals surface area contributed by atoms with E-state index >= 15 is 0 Å². The van der Waals surface area contributed by atoms with Gasteiger partial charge in [0, 0.05) is 0 Å². The molecule has 0 spiro atoms. The third-order valence-electron chi connectivity index (χ3n) is 2.19. The van der Waals surface area contributed by atoms with Crippen molar-refractivity contribution in [2.75, 3.05) is 0 Å². The first-order valence-corrected chi connectivity index (χ1v) is 4.76. The Balaban J connectivity index is 2.41. The summed E-state index contributed by atoms with van der Waals surface area (Å²) >= 11 is 0. The minimum absolute atomic E-state index is 0.174. The predicted molar refractivity (Wildman–Crippen MR) is 53.8 cm³/mol. The van der Waals surface area contributed by atoms with Crippen LogP contribution in [0.25, 0.3) is 11.5 Å². The van der Waals surface area contributed by atoms with Crippen LogP contribution in [0.5, 0.6) is 0 Å². The van der Waals surface area contributed by atoms with Crippen molar-refractivity contribution in [2.45, 2.75) is 6.43 Å². The Morgan fingerprint density at radius 1 is 1.39 bits per heavy atom. The third kappa shape index (κ3) is 2.20. The number of carbonyl (C=O) groups is 1. The monoisotopic (exact) mass is 257 g/mol. The van der Waals surface area contributed by atoms with Gasteiger partial charge in [0.1, 0.15) is 17.8 Å². The number of oxazole rings is 1. The van der Waals surface area contributed by atoms with Gasteiger partial charge >= 0.3 is 5.97 Å². The SMILES string of the molecule is O=C(O)c1ccc(-c2nc(C(F)F)co2)c(F)c1. The molecule has 1 heterocycles. The molecule has 0 aliphatic heterocycles. The average Bonchev–Trinajstić information content (AvgIpc) is 2.78. The Labute approximate surface area is 98.7 Å². The summed E-state index contributed by atoms with van der Waals surface area (Å²) in [6, 6.07) is 3.01. The molecule has 18 heavy (non-hydrogen) atoms. The van der Waals surface area contributed by atoms with Gasteiger partial charge in [-0.05, 0) is 18.2 Å². The van der Waals surface area contributed by atoms with Gasteiger partial charge in [0.2, 0.25) is 5.89 Å². The molecule has 1 aromatic carbocycles. The van der Waals surface area contributed by atoms with E-state index in [0.717, 1.165) is 24.5 Å². The van der Waals surface area contributed by atoms with Crippen LogP contribution in [0.15, 0.2) is 28.9 Å². The zero-order valence-corrected chi connectivity index (χ0v) is 8.73. The van der Waals surface area contributed by atoms with Crippen LogP contribution < -0.4 is 0 Å². The van der Waals surface area contributed by atoms with Gasteiger partial charge in [-0.1, -0.05) is 0 Å². The summed E-state index contributed by atoms with van der Waals surface area (Å²) < 4.78 is 42.8. The van der Waals surface area contributed by atoms with E-state index in [1.54, 1.807) is 0 Å². The lowest BCUT2D eigenvalue weighted by molar-refractivity contribution is 0.0696. The summed E-state index contributed by atoms with van der Waals surface area (Å²) in [6.07, 6.45) is -2.09. The smallest absolute Gasteiger partial charge is 0.335 e. The molecule has 2 rings (SSSR count). The Morgan fingerprint density at radius 2 is 2.11 bits per heavy atom. The molecule has 0 fully saturated rings. The second kappa shape index (κ2) is 4.52. The number of hydrogen-bond acceptors (Lipinski definition) is 3. The fourth-order valence-corrected chi connectivity index (χ4v) is 1.33. The van der Waals surface area contributed by atoms with E-state index < -0.39 is 23.9 Å². The summed E-state index contributed by atoms with van der Waals surface area (Å²) in [5.41, 5.74) is -1.03. The molecular weight excluding hydrogens is 251 g/mol. The number of aromatic carboxylic acids is 1. The van der Waals surface area contributed by atoms with Crippen LogP contribution in [0.3, 0.4) is 0 Å². The maximum atomic E-state index is 13.6. The first-order chi connectivity index (χ1) is 8.49. The minimum atomic E-state index is -2.82. The van der Waals surface area contributed by atoms with E-state index in [0.29, 0.717) is 0 Å². The van der Waals surface area contributed by atoms with Gasteiger partial charge in [0.15, 0.2) is 0 Å². The van der Waals surface area contributed by atoms with Crippen molar-refractivity contribution in [2.24, 2.45) is 0 Å². The van der Waals surface area contributed by atoms with Crippen molar-refractivity contribution < 1.29 is 27.5 Å². The zero-order chi connectivity index (χ0) is 13.3. The van der Waals surface area contributed by atoms with E-state index in [9.17, 15) is 18.0 Å². The fraction of sp³-hybridized carbons (Fsp3) is 0.0909. The van der Waals surface area contributed by atoms with Crippen molar-refractivity contribution >= 4 is 5.97 Å². The van der Waals surface area contributed by atoms with Crippen LogP contribution in [-0.2, 0) is 0 Å². The number of carboxylic acids is 1. The highest BCUT2D eigenvalue weighted by Crippen LogP contribution is 2.26. The van der Waals surface area contributed by atoms with Gasteiger partial charge in [-0.15, -0.1) is 0 Å². The number of alkyl halides is 2. The summed E-state index contributed by atoms with van der Waals surface area (Å²) in [6.45, 7) is 0.